The van der Waals surface area contributed by atoms with Crippen LogP contribution < -0.4 is 5.32 Å². The molecule has 3 unspecified atom stereocenters. The number of benzene rings is 1. The molecule has 0 spiro atoms. The average Bonchev–Trinajstić information content (AvgIpc) is 2.55. The second-order valence-corrected chi connectivity index (χ2v) is 7.24. The molecule has 1 amide bonds. The van der Waals surface area contributed by atoms with Gasteiger partial charge in [-0.2, -0.15) is 0 Å². The number of carbonyl (C=O) groups excluding carboxylic acids is 1. The van der Waals surface area contributed by atoms with E-state index < -0.39 is 27.3 Å². The van der Waals surface area contributed by atoms with Crippen molar-refractivity contribution in [3.8, 4) is 0 Å². The first-order valence-electron chi connectivity index (χ1n) is 6.92. The third-order valence-electron chi connectivity index (χ3n) is 3.62. The number of carboxylic acid groups (broad SMARTS) is 1. The number of carboxylic acids is 1. The SMILES string of the molecule is CC(C)C(C(=O)O)S(=O)C1CCc2ccccc2NC1=O. The predicted octanol–water partition coefficient (Wildman–Crippen LogP) is 1.80. The predicted molar refractivity (Wildman–Crippen MR) is 81.6 cm³/mol. The maximum atomic E-state index is 12.6. The van der Waals surface area contributed by atoms with Crippen molar-refractivity contribution >= 4 is 28.4 Å². The third-order valence-corrected chi connectivity index (χ3v) is 5.88. The Kier molecular flexibility index (Phi) is 4.77. The molecule has 0 radical (unpaired) electrons. The molecule has 0 aliphatic carbocycles. The minimum absolute atomic E-state index is 0.290. The van der Waals surface area contributed by atoms with Crippen molar-refractivity contribution in [2.45, 2.75) is 37.2 Å². The molecule has 1 aromatic rings. The lowest BCUT2D eigenvalue weighted by Gasteiger charge is -2.21. The zero-order valence-corrected chi connectivity index (χ0v) is 12.9. The number of fused-ring (bicyclic) bond motifs is 1. The number of aryl methyl sites for hydroxylation is 1. The number of anilines is 1. The third kappa shape index (κ3) is 3.32. The molecule has 3 atom stereocenters. The van der Waals surface area contributed by atoms with Gasteiger partial charge in [0.05, 0.1) is 0 Å². The molecule has 114 valence electrons. The van der Waals surface area contributed by atoms with E-state index in [1.54, 1.807) is 19.9 Å². The van der Waals surface area contributed by atoms with Crippen molar-refractivity contribution in [3.05, 3.63) is 29.8 Å². The van der Waals surface area contributed by atoms with Crippen LogP contribution in [0.15, 0.2) is 24.3 Å². The minimum atomic E-state index is -1.75. The smallest absolute Gasteiger partial charge is 0.319 e. The summed E-state index contributed by atoms with van der Waals surface area (Å²) in [5.74, 6) is -1.76. The van der Waals surface area contributed by atoms with Crippen LogP contribution in [0.5, 0.6) is 0 Å². The van der Waals surface area contributed by atoms with Crippen LogP contribution in [0.2, 0.25) is 0 Å². The van der Waals surface area contributed by atoms with E-state index in [9.17, 15) is 18.9 Å². The fourth-order valence-electron chi connectivity index (χ4n) is 2.54. The Balaban J connectivity index is 2.24. The molecule has 6 heteroatoms. The maximum absolute atomic E-state index is 12.6. The largest absolute Gasteiger partial charge is 0.480 e. The summed E-state index contributed by atoms with van der Waals surface area (Å²) < 4.78 is 12.6. The van der Waals surface area contributed by atoms with Gasteiger partial charge in [0.25, 0.3) is 0 Å². The Labute approximate surface area is 126 Å². The van der Waals surface area contributed by atoms with Crippen molar-refractivity contribution < 1.29 is 18.9 Å². The number of rotatable bonds is 4. The summed E-state index contributed by atoms with van der Waals surface area (Å²) >= 11 is 0. The Morgan fingerprint density at radius 1 is 1.38 bits per heavy atom. The lowest BCUT2D eigenvalue weighted by Crippen LogP contribution is -2.41. The summed E-state index contributed by atoms with van der Waals surface area (Å²) in [6, 6.07) is 7.43. The van der Waals surface area contributed by atoms with Gasteiger partial charge in [-0.1, -0.05) is 32.0 Å². The lowest BCUT2D eigenvalue weighted by molar-refractivity contribution is -0.137. The first-order chi connectivity index (χ1) is 9.91. The van der Waals surface area contributed by atoms with Crippen LogP contribution in [-0.4, -0.2) is 31.7 Å². The summed E-state index contributed by atoms with van der Waals surface area (Å²) in [6.07, 6.45) is 1.00. The van der Waals surface area contributed by atoms with Gasteiger partial charge in [-0.25, -0.2) is 0 Å². The van der Waals surface area contributed by atoms with E-state index in [0.717, 1.165) is 11.3 Å². The van der Waals surface area contributed by atoms with Gasteiger partial charge in [0.2, 0.25) is 5.91 Å². The van der Waals surface area contributed by atoms with Gasteiger partial charge >= 0.3 is 5.97 Å². The van der Waals surface area contributed by atoms with Crippen LogP contribution in [0.3, 0.4) is 0 Å². The molecule has 5 nitrogen and oxygen atoms in total. The van der Waals surface area contributed by atoms with E-state index in [4.69, 9.17) is 0 Å². The van der Waals surface area contributed by atoms with E-state index in [2.05, 4.69) is 5.32 Å². The first-order valence-corrected chi connectivity index (χ1v) is 8.20. The summed E-state index contributed by atoms with van der Waals surface area (Å²) in [6.45, 7) is 3.42. The zero-order chi connectivity index (χ0) is 15.6. The number of hydrogen-bond donors (Lipinski definition) is 2. The van der Waals surface area contributed by atoms with Crippen molar-refractivity contribution in [1.82, 2.24) is 0 Å². The number of hydrogen-bond acceptors (Lipinski definition) is 3. The van der Waals surface area contributed by atoms with Gasteiger partial charge in [-0.15, -0.1) is 0 Å². The number of nitrogens with one attached hydrogen (secondary N) is 1. The molecule has 1 heterocycles. The second-order valence-electron chi connectivity index (χ2n) is 5.51. The summed E-state index contributed by atoms with van der Waals surface area (Å²) in [5, 5.41) is 10.2. The Hall–Kier alpha value is -1.69. The van der Waals surface area contributed by atoms with Crippen LogP contribution in [0, 0.1) is 5.92 Å². The van der Waals surface area contributed by atoms with Crippen molar-refractivity contribution in [2.24, 2.45) is 5.92 Å². The van der Waals surface area contributed by atoms with E-state index in [0.29, 0.717) is 12.8 Å². The van der Waals surface area contributed by atoms with Crippen LogP contribution >= 0.6 is 0 Å². The molecule has 1 aliphatic rings. The quantitative estimate of drug-likeness (QED) is 0.888. The molecule has 0 saturated heterocycles. The highest BCUT2D eigenvalue weighted by Gasteiger charge is 2.37. The van der Waals surface area contributed by atoms with E-state index >= 15 is 0 Å². The molecule has 1 aliphatic heterocycles. The molecule has 0 bridgehead atoms. The van der Waals surface area contributed by atoms with Gasteiger partial charge in [0.1, 0.15) is 10.5 Å². The maximum Gasteiger partial charge on any atom is 0.319 e. The molecule has 0 fully saturated rings. The monoisotopic (exact) mass is 309 g/mol. The van der Waals surface area contributed by atoms with E-state index in [1.807, 2.05) is 18.2 Å². The standard InChI is InChI=1S/C15H19NO4S/c1-9(2)13(15(18)19)21(20)12-8-7-10-5-3-4-6-11(10)16-14(12)17/h3-6,9,12-13H,7-8H2,1-2H3,(H,16,17)(H,18,19). The molecule has 2 rings (SSSR count). The van der Waals surface area contributed by atoms with E-state index in [1.165, 1.54) is 0 Å². The lowest BCUT2D eigenvalue weighted by atomic mass is 10.1. The normalized spacial score (nSPS) is 21.1. The van der Waals surface area contributed by atoms with Crippen LogP contribution in [-0.2, 0) is 26.8 Å². The number of amides is 1. The Morgan fingerprint density at radius 3 is 2.67 bits per heavy atom. The summed E-state index contributed by atoms with van der Waals surface area (Å²) in [4.78, 5) is 23.6. The number of para-hydroxylation sites is 1. The van der Waals surface area contributed by atoms with Crippen LogP contribution in [0.1, 0.15) is 25.8 Å². The van der Waals surface area contributed by atoms with Gasteiger partial charge in [-0.05, 0) is 30.4 Å². The minimum Gasteiger partial charge on any atom is -0.480 e. The topological polar surface area (TPSA) is 83.5 Å². The second kappa shape index (κ2) is 6.39. The molecule has 0 saturated carbocycles. The van der Waals surface area contributed by atoms with Crippen LogP contribution in [0.25, 0.3) is 0 Å². The molecular weight excluding hydrogens is 290 g/mol. The van der Waals surface area contributed by atoms with Gasteiger partial charge < -0.3 is 10.4 Å². The van der Waals surface area contributed by atoms with Gasteiger partial charge in [-0.3, -0.25) is 13.8 Å². The molecule has 1 aromatic carbocycles. The fraction of sp³-hybridized carbons (Fsp3) is 0.467. The van der Waals surface area contributed by atoms with Crippen molar-refractivity contribution in [2.75, 3.05) is 5.32 Å². The average molecular weight is 309 g/mol. The van der Waals surface area contributed by atoms with Gasteiger partial charge in [0.15, 0.2) is 0 Å². The zero-order valence-electron chi connectivity index (χ0n) is 12.0. The molecular formula is C15H19NO4S. The number of aliphatic carboxylic acids is 1. The summed E-state index contributed by atoms with van der Waals surface area (Å²) in [5.41, 5.74) is 1.71. The Bertz CT molecular complexity index is 585. The molecule has 21 heavy (non-hydrogen) atoms. The summed E-state index contributed by atoms with van der Waals surface area (Å²) in [7, 11) is -1.75. The van der Waals surface area contributed by atoms with Crippen molar-refractivity contribution in [3.63, 3.8) is 0 Å². The number of carbonyl (C=O) groups is 2. The highest BCUT2D eigenvalue weighted by molar-refractivity contribution is 7.87. The Morgan fingerprint density at radius 2 is 2.05 bits per heavy atom. The highest BCUT2D eigenvalue weighted by Crippen LogP contribution is 2.26. The first kappa shape index (κ1) is 15.7. The van der Waals surface area contributed by atoms with Gasteiger partial charge in [0, 0.05) is 16.5 Å². The van der Waals surface area contributed by atoms with Crippen molar-refractivity contribution in [1.29, 1.82) is 0 Å². The van der Waals surface area contributed by atoms with E-state index in [-0.39, 0.29) is 11.8 Å². The molecule has 2 N–H and O–H groups in total. The fourth-order valence-corrected chi connectivity index (χ4v) is 4.25. The highest BCUT2D eigenvalue weighted by atomic mass is 32.2. The van der Waals surface area contributed by atoms with Crippen LogP contribution in [0.4, 0.5) is 5.69 Å². The molecule has 0 aromatic heterocycles.